The van der Waals surface area contributed by atoms with Gasteiger partial charge in [0.1, 0.15) is 5.75 Å². The van der Waals surface area contributed by atoms with Crippen LogP contribution in [-0.2, 0) is 4.74 Å². The molecule has 0 aliphatic carbocycles. The molecule has 0 aliphatic heterocycles. The van der Waals surface area contributed by atoms with Crippen molar-refractivity contribution < 1.29 is 19.1 Å². The molecule has 0 radical (unpaired) electrons. The quantitative estimate of drug-likeness (QED) is 0.466. The highest BCUT2D eigenvalue weighted by molar-refractivity contribution is 7.80. The number of Topliss-reactive ketones (excluding diaryl/α,β-unsaturated/α-hetero) is 1. The Hall–Kier alpha value is -2.93. The Kier molecular flexibility index (Phi) is 6.08. The Morgan fingerprint density at radius 1 is 1.04 bits per heavy atom. The zero-order chi connectivity index (χ0) is 18.4. The molecular weight excluding hydrogens is 340 g/mol. The minimum atomic E-state index is -0.907. The van der Waals surface area contributed by atoms with Gasteiger partial charge in [0, 0.05) is 11.3 Å². The highest BCUT2D eigenvalue weighted by Gasteiger charge is 2.20. The number of hydrogen-bond donors (Lipinski definition) is 2. The number of nitrogens with one attached hydrogen (secondary N) is 1. The third-order valence-electron chi connectivity index (χ3n) is 3.42. The summed E-state index contributed by atoms with van der Waals surface area (Å²) in [5, 5.41) is 2.89. The molecule has 2 aromatic rings. The number of hydrogen-bond acceptors (Lipinski definition) is 5. The molecule has 1 atom stereocenters. The molecule has 0 aromatic heterocycles. The van der Waals surface area contributed by atoms with E-state index in [1.54, 1.807) is 55.6 Å². The predicted molar refractivity (Wildman–Crippen MR) is 99.1 cm³/mol. The van der Waals surface area contributed by atoms with Gasteiger partial charge in [-0.05, 0) is 67.7 Å². The van der Waals surface area contributed by atoms with Crippen molar-refractivity contribution in [3.05, 3.63) is 59.7 Å². The Bertz CT molecular complexity index is 773. The first-order valence-electron chi connectivity index (χ1n) is 7.46. The van der Waals surface area contributed by atoms with Gasteiger partial charge in [0.15, 0.2) is 11.2 Å². The maximum Gasteiger partial charge on any atom is 0.338 e. The zero-order valence-corrected chi connectivity index (χ0v) is 14.6. The second-order valence-corrected chi connectivity index (χ2v) is 5.65. The molecule has 130 valence electrons. The fourth-order valence-corrected chi connectivity index (χ4v) is 2.22. The minimum Gasteiger partial charge on any atom is -0.497 e. The summed E-state index contributed by atoms with van der Waals surface area (Å²) in [6.45, 7) is 1.53. The van der Waals surface area contributed by atoms with E-state index in [0.29, 0.717) is 22.6 Å². The van der Waals surface area contributed by atoms with Crippen LogP contribution in [0.3, 0.4) is 0 Å². The second kappa shape index (κ2) is 8.25. The first-order chi connectivity index (χ1) is 11.9. The van der Waals surface area contributed by atoms with Crippen LogP contribution in [0.5, 0.6) is 5.75 Å². The van der Waals surface area contributed by atoms with Gasteiger partial charge in [0.05, 0.1) is 12.7 Å². The summed E-state index contributed by atoms with van der Waals surface area (Å²) < 4.78 is 10.3. The van der Waals surface area contributed by atoms with Crippen LogP contribution >= 0.6 is 12.2 Å². The van der Waals surface area contributed by atoms with Gasteiger partial charge < -0.3 is 20.5 Å². The zero-order valence-electron chi connectivity index (χ0n) is 13.8. The van der Waals surface area contributed by atoms with Crippen LogP contribution in [0.4, 0.5) is 5.69 Å². The third-order valence-corrected chi connectivity index (χ3v) is 3.52. The summed E-state index contributed by atoms with van der Waals surface area (Å²) in [6, 6.07) is 13.0. The maximum atomic E-state index is 12.3. The van der Waals surface area contributed by atoms with E-state index >= 15 is 0 Å². The molecule has 0 fully saturated rings. The van der Waals surface area contributed by atoms with E-state index in [1.807, 2.05) is 0 Å². The maximum absolute atomic E-state index is 12.3. The van der Waals surface area contributed by atoms with Crippen LogP contribution in [0.1, 0.15) is 27.6 Å². The number of anilines is 1. The van der Waals surface area contributed by atoms with Crippen molar-refractivity contribution in [1.82, 2.24) is 0 Å². The molecule has 2 aromatic carbocycles. The Balaban J connectivity index is 2.00. The summed E-state index contributed by atoms with van der Waals surface area (Å²) in [5.41, 5.74) is 6.80. The van der Waals surface area contributed by atoms with Crippen molar-refractivity contribution in [3.8, 4) is 5.75 Å². The molecule has 0 saturated heterocycles. The summed E-state index contributed by atoms with van der Waals surface area (Å²) in [7, 11) is 1.54. The number of nitrogens with two attached hydrogens (primary N) is 1. The number of benzene rings is 2. The Morgan fingerprint density at radius 3 is 2.12 bits per heavy atom. The summed E-state index contributed by atoms with van der Waals surface area (Å²) in [5.74, 6) is -0.231. The van der Waals surface area contributed by atoms with Crippen LogP contribution in [0, 0.1) is 0 Å². The predicted octanol–water partition coefficient (Wildman–Crippen LogP) is 2.78. The molecule has 0 heterocycles. The molecule has 3 N–H and O–H groups in total. The van der Waals surface area contributed by atoms with Crippen molar-refractivity contribution >= 4 is 34.8 Å². The van der Waals surface area contributed by atoms with Crippen molar-refractivity contribution in [2.24, 2.45) is 5.73 Å². The number of methoxy groups -OCH3 is 1. The van der Waals surface area contributed by atoms with Gasteiger partial charge in [0.2, 0.25) is 5.78 Å². The topological polar surface area (TPSA) is 90.6 Å². The number of carbonyl (C=O) groups is 2. The summed E-state index contributed by atoms with van der Waals surface area (Å²) in [6.07, 6.45) is -0.907. The number of ether oxygens (including phenoxy) is 2. The van der Waals surface area contributed by atoms with E-state index in [4.69, 9.17) is 27.4 Å². The molecule has 0 bridgehead atoms. The number of carbonyl (C=O) groups excluding carboxylic acids is 2. The molecule has 6 nitrogen and oxygen atoms in total. The van der Waals surface area contributed by atoms with Crippen molar-refractivity contribution in [3.63, 3.8) is 0 Å². The molecule has 2 rings (SSSR count). The lowest BCUT2D eigenvalue weighted by atomic mass is 10.1. The molecule has 0 aliphatic rings. The molecule has 0 amide bonds. The number of esters is 1. The molecule has 25 heavy (non-hydrogen) atoms. The van der Waals surface area contributed by atoms with Crippen LogP contribution < -0.4 is 15.8 Å². The normalized spacial score (nSPS) is 11.3. The van der Waals surface area contributed by atoms with Gasteiger partial charge >= 0.3 is 5.97 Å². The first kappa shape index (κ1) is 18.4. The van der Waals surface area contributed by atoms with E-state index in [-0.39, 0.29) is 10.9 Å². The molecule has 0 saturated carbocycles. The molecular formula is C18H18N2O4S. The second-order valence-electron chi connectivity index (χ2n) is 5.21. The Labute approximate surface area is 150 Å². The van der Waals surface area contributed by atoms with Crippen LogP contribution in [0.25, 0.3) is 0 Å². The van der Waals surface area contributed by atoms with E-state index in [9.17, 15) is 9.59 Å². The van der Waals surface area contributed by atoms with Gasteiger partial charge in [-0.15, -0.1) is 0 Å². The monoisotopic (exact) mass is 358 g/mol. The fourth-order valence-electron chi connectivity index (χ4n) is 2.10. The van der Waals surface area contributed by atoms with E-state index in [2.05, 4.69) is 5.32 Å². The third kappa shape index (κ3) is 5.02. The number of ketones is 1. The highest BCUT2D eigenvalue weighted by atomic mass is 32.1. The summed E-state index contributed by atoms with van der Waals surface area (Å²) >= 11 is 4.74. The first-order valence-corrected chi connectivity index (χ1v) is 7.87. The SMILES string of the molecule is COc1ccc(C(=O)C(C)OC(=O)c2ccc(NC(N)=S)cc2)cc1. The van der Waals surface area contributed by atoms with E-state index in [1.165, 1.54) is 6.92 Å². The number of rotatable bonds is 6. The van der Waals surface area contributed by atoms with Gasteiger partial charge in [-0.3, -0.25) is 4.79 Å². The lowest BCUT2D eigenvalue weighted by Crippen LogP contribution is -2.24. The van der Waals surface area contributed by atoms with Crippen molar-refractivity contribution in [1.29, 1.82) is 0 Å². The standard InChI is InChI=1S/C18H18N2O4S/c1-11(16(21)12-5-9-15(23-2)10-6-12)24-17(22)13-3-7-14(8-4-13)20-18(19)25/h3-11H,1-2H3,(H3,19,20,25). The van der Waals surface area contributed by atoms with Gasteiger partial charge in [-0.1, -0.05) is 0 Å². The van der Waals surface area contributed by atoms with Crippen molar-refractivity contribution in [2.75, 3.05) is 12.4 Å². The fraction of sp³-hybridized carbons (Fsp3) is 0.167. The van der Waals surface area contributed by atoms with E-state index < -0.39 is 12.1 Å². The van der Waals surface area contributed by atoms with Gasteiger partial charge in [-0.25, -0.2) is 4.79 Å². The highest BCUT2D eigenvalue weighted by Crippen LogP contribution is 2.15. The largest absolute Gasteiger partial charge is 0.497 e. The Morgan fingerprint density at radius 2 is 1.60 bits per heavy atom. The van der Waals surface area contributed by atoms with Gasteiger partial charge in [0.25, 0.3) is 0 Å². The average Bonchev–Trinajstić information content (AvgIpc) is 2.61. The molecule has 1 unspecified atom stereocenters. The average molecular weight is 358 g/mol. The van der Waals surface area contributed by atoms with Crippen LogP contribution in [0.15, 0.2) is 48.5 Å². The lowest BCUT2D eigenvalue weighted by Gasteiger charge is -2.13. The molecule has 7 heteroatoms. The van der Waals surface area contributed by atoms with Crippen LogP contribution in [0.2, 0.25) is 0 Å². The molecule has 0 spiro atoms. The smallest absolute Gasteiger partial charge is 0.338 e. The lowest BCUT2D eigenvalue weighted by molar-refractivity contribution is 0.0319. The summed E-state index contributed by atoms with van der Waals surface area (Å²) in [4.78, 5) is 24.5. The minimum absolute atomic E-state index is 0.133. The van der Waals surface area contributed by atoms with Crippen molar-refractivity contribution in [2.45, 2.75) is 13.0 Å². The number of thiocarbonyl (C=S) groups is 1. The van der Waals surface area contributed by atoms with Crippen LogP contribution in [-0.4, -0.2) is 30.1 Å². The van der Waals surface area contributed by atoms with E-state index in [0.717, 1.165) is 0 Å². The van der Waals surface area contributed by atoms with Gasteiger partial charge in [-0.2, -0.15) is 0 Å².